The first-order chi connectivity index (χ1) is 15.6. The average molecular weight is 424 g/mol. The van der Waals surface area contributed by atoms with Crippen LogP contribution in [0.25, 0.3) is 22.5 Å². The summed E-state index contributed by atoms with van der Waals surface area (Å²) in [6, 6.07) is 21.4. The summed E-state index contributed by atoms with van der Waals surface area (Å²) < 4.78 is 13.2. The molecule has 0 radical (unpaired) electrons. The van der Waals surface area contributed by atoms with E-state index < -0.39 is 0 Å². The zero-order valence-electron chi connectivity index (χ0n) is 17.3. The molecule has 32 heavy (non-hydrogen) atoms. The lowest BCUT2D eigenvalue weighted by Crippen LogP contribution is -2.19. The molecule has 1 aromatic heterocycles. The van der Waals surface area contributed by atoms with Crippen molar-refractivity contribution in [3.63, 3.8) is 0 Å². The van der Waals surface area contributed by atoms with Gasteiger partial charge in [-0.1, -0.05) is 48.5 Å². The fraction of sp³-hybridized carbons (Fsp3) is 0.115. The number of hydrogen-bond acceptors (Lipinski definition) is 4. The Balaban J connectivity index is 1.54. The first kappa shape index (κ1) is 19.9. The van der Waals surface area contributed by atoms with Gasteiger partial charge in [-0.25, -0.2) is 14.4 Å². The Kier molecular flexibility index (Phi) is 5.11. The number of benzene rings is 3. The number of anilines is 2. The summed E-state index contributed by atoms with van der Waals surface area (Å²) in [6.07, 6.45) is 1.65. The molecule has 1 heterocycles. The first-order valence-corrected chi connectivity index (χ1v) is 10.5. The van der Waals surface area contributed by atoms with Crippen LogP contribution in [0.2, 0.25) is 0 Å². The van der Waals surface area contributed by atoms with Crippen LogP contribution in [-0.4, -0.2) is 15.9 Å². The fourth-order valence-corrected chi connectivity index (χ4v) is 4.01. The Bertz CT molecular complexity index is 1300. The van der Waals surface area contributed by atoms with Gasteiger partial charge < -0.3 is 11.1 Å². The van der Waals surface area contributed by atoms with Crippen LogP contribution in [0.3, 0.4) is 0 Å². The van der Waals surface area contributed by atoms with E-state index in [1.165, 1.54) is 12.1 Å². The molecule has 5 rings (SSSR count). The van der Waals surface area contributed by atoms with Crippen molar-refractivity contribution >= 4 is 17.4 Å². The molecule has 0 saturated carbocycles. The maximum Gasteiger partial charge on any atom is 0.230 e. The van der Waals surface area contributed by atoms with E-state index in [0.29, 0.717) is 17.9 Å². The number of carbonyl (C=O) groups is 1. The molecular formula is C26H21FN4O. The van der Waals surface area contributed by atoms with Crippen LogP contribution in [0.4, 0.5) is 15.9 Å². The summed E-state index contributed by atoms with van der Waals surface area (Å²) in [5.41, 5.74) is 12.7. The number of hydrogen-bond donors (Lipinski definition) is 2. The van der Waals surface area contributed by atoms with Crippen LogP contribution in [0, 0.1) is 5.82 Å². The second-order valence-electron chi connectivity index (χ2n) is 7.85. The highest BCUT2D eigenvalue weighted by Crippen LogP contribution is 2.36. The van der Waals surface area contributed by atoms with Gasteiger partial charge in [0, 0.05) is 16.8 Å². The molecular weight excluding hydrogens is 403 g/mol. The van der Waals surface area contributed by atoms with Gasteiger partial charge in [0.2, 0.25) is 5.91 Å². The molecule has 3 aromatic carbocycles. The molecule has 0 fully saturated rings. The molecule has 5 nitrogen and oxygen atoms in total. The maximum atomic E-state index is 13.2. The Morgan fingerprint density at radius 2 is 1.72 bits per heavy atom. The van der Waals surface area contributed by atoms with Crippen molar-refractivity contribution in [1.82, 2.24) is 9.97 Å². The first-order valence-electron chi connectivity index (χ1n) is 10.5. The zero-order valence-corrected chi connectivity index (χ0v) is 17.3. The number of aromatic nitrogens is 2. The smallest absolute Gasteiger partial charge is 0.230 e. The monoisotopic (exact) mass is 424 g/mol. The van der Waals surface area contributed by atoms with E-state index >= 15 is 0 Å². The summed E-state index contributed by atoms with van der Waals surface area (Å²) in [5.74, 6) is -0.129. The van der Waals surface area contributed by atoms with Crippen LogP contribution in [0.15, 0.2) is 72.8 Å². The van der Waals surface area contributed by atoms with Crippen LogP contribution in [0.1, 0.15) is 16.8 Å². The number of nitrogens with zero attached hydrogens (tertiary/aromatic N) is 2. The second kappa shape index (κ2) is 8.23. The molecule has 0 saturated heterocycles. The van der Waals surface area contributed by atoms with Crippen molar-refractivity contribution < 1.29 is 9.18 Å². The lowest BCUT2D eigenvalue weighted by Gasteiger charge is -2.21. The molecule has 1 aliphatic carbocycles. The number of carbonyl (C=O) groups excluding carboxylic acids is 1. The van der Waals surface area contributed by atoms with Gasteiger partial charge in [-0.15, -0.1) is 0 Å². The standard InChI is InChI=1S/C26H21FN4O/c27-19-9-6-16(7-10-19)14-23(32)30-26-24(17-4-2-1-3-5-17)31-25-21-12-11-20(28)15-18(21)8-13-22(25)29-26/h1-7,9-12,15H,8,13-14,28H2,(H,29,30,32). The molecule has 0 atom stereocenters. The predicted molar refractivity (Wildman–Crippen MR) is 123 cm³/mol. The Labute approximate surface area is 185 Å². The molecule has 0 unspecified atom stereocenters. The van der Waals surface area contributed by atoms with Crippen molar-refractivity contribution in [2.45, 2.75) is 19.3 Å². The van der Waals surface area contributed by atoms with Gasteiger partial charge in [0.1, 0.15) is 11.5 Å². The summed E-state index contributed by atoms with van der Waals surface area (Å²) >= 11 is 0. The molecule has 1 aliphatic rings. The minimum Gasteiger partial charge on any atom is -0.399 e. The third-order valence-corrected chi connectivity index (χ3v) is 5.57. The maximum absolute atomic E-state index is 13.2. The van der Waals surface area contributed by atoms with Crippen molar-refractivity contribution in [3.05, 3.63) is 95.4 Å². The predicted octanol–water partition coefficient (Wildman–Crippen LogP) is 4.81. The average Bonchev–Trinajstić information content (AvgIpc) is 2.80. The van der Waals surface area contributed by atoms with Gasteiger partial charge in [0.25, 0.3) is 0 Å². The fourth-order valence-electron chi connectivity index (χ4n) is 4.01. The third-order valence-electron chi connectivity index (χ3n) is 5.57. The molecule has 158 valence electrons. The number of halogens is 1. The van der Waals surface area contributed by atoms with Crippen molar-refractivity contribution in [2.75, 3.05) is 11.1 Å². The Morgan fingerprint density at radius 1 is 0.938 bits per heavy atom. The van der Waals surface area contributed by atoms with E-state index in [1.807, 2.05) is 48.5 Å². The van der Waals surface area contributed by atoms with Gasteiger partial charge >= 0.3 is 0 Å². The van der Waals surface area contributed by atoms with Crippen molar-refractivity contribution in [3.8, 4) is 22.5 Å². The van der Waals surface area contributed by atoms with Gasteiger partial charge in [0.15, 0.2) is 5.82 Å². The highest BCUT2D eigenvalue weighted by molar-refractivity contribution is 5.95. The van der Waals surface area contributed by atoms with Gasteiger partial charge in [-0.3, -0.25) is 4.79 Å². The summed E-state index contributed by atoms with van der Waals surface area (Å²) in [4.78, 5) is 22.5. The number of nitrogens with one attached hydrogen (secondary N) is 1. The molecule has 0 aliphatic heterocycles. The number of aryl methyl sites for hydroxylation is 2. The molecule has 4 aromatic rings. The van der Waals surface area contributed by atoms with Crippen LogP contribution < -0.4 is 11.1 Å². The minimum atomic E-state index is -0.330. The van der Waals surface area contributed by atoms with E-state index in [4.69, 9.17) is 15.7 Å². The number of amides is 1. The summed E-state index contributed by atoms with van der Waals surface area (Å²) in [7, 11) is 0. The highest BCUT2D eigenvalue weighted by atomic mass is 19.1. The SMILES string of the molecule is Nc1ccc2c(c1)CCc1nc(NC(=O)Cc3ccc(F)cc3)c(-c3ccccc3)nc1-2. The zero-order chi connectivity index (χ0) is 22.1. The van der Waals surface area contributed by atoms with Crippen LogP contribution in [-0.2, 0) is 24.1 Å². The molecule has 6 heteroatoms. The lowest BCUT2D eigenvalue weighted by atomic mass is 9.91. The molecule has 0 bridgehead atoms. The van der Waals surface area contributed by atoms with Gasteiger partial charge in [-0.2, -0.15) is 0 Å². The van der Waals surface area contributed by atoms with E-state index in [-0.39, 0.29) is 18.1 Å². The Hall–Kier alpha value is -4.06. The van der Waals surface area contributed by atoms with Gasteiger partial charge in [-0.05, 0) is 48.2 Å². The van der Waals surface area contributed by atoms with E-state index in [0.717, 1.165) is 45.7 Å². The van der Waals surface area contributed by atoms with E-state index in [2.05, 4.69) is 5.32 Å². The normalized spacial score (nSPS) is 12.0. The van der Waals surface area contributed by atoms with Crippen LogP contribution >= 0.6 is 0 Å². The van der Waals surface area contributed by atoms with Gasteiger partial charge in [0.05, 0.1) is 17.8 Å². The van der Waals surface area contributed by atoms with Crippen LogP contribution in [0.5, 0.6) is 0 Å². The Morgan fingerprint density at radius 3 is 2.50 bits per heavy atom. The highest BCUT2D eigenvalue weighted by Gasteiger charge is 2.23. The molecule has 1 amide bonds. The molecule has 3 N–H and O–H groups in total. The summed E-state index contributed by atoms with van der Waals surface area (Å²) in [5, 5.41) is 2.93. The van der Waals surface area contributed by atoms with Crippen molar-refractivity contribution in [1.29, 1.82) is 0 Å². The topological polar surface area (TPSA) is 80.9 Å². The molecule has 0 spiro atoms. The number of nitrogen functional groups attached to an aromatic ring is 1. The third kappa shape index (κ3) is 3.95. The number of nitrogens with two attached hydrogens (primary N) is 1. The number of fused-ring (bicyclic) bond motifs is 3. The largest absolute Gasteiger partial charge is 0.399 e. The van der Waals surface area contributed by atoms with E-state index in [1.54, 1.807) is 12.1 Å². The quantitative estimate of drug-likeness (QED) is 0.461. The minimum absolute atomic E-state index is 0.120. The number of rotatable bonds is 4. The van der Waals surface area contributed by atoms with Crippen molar-refractivity contribution in [2.24, 2.45) is 0 Å². The van der Waals surface area contributed by atoms with E-state index in [9.17, 15) is 9.18 Å². The summed E-state index contributed by atoms with van der Waals surface area (Å²) in [6.45, 7) is 0. The second-order valence-corrected chi connectivity index (χ2v) is 7.85. The lowest BCUT2D eigenvalue weighted by molar-refractivity contribution is -0.115.